The monoisotopic (exact) mass is 410 g/mol. The second-order valence-electron chi connectivity index (χ2n) is 7.22. The molecule has 2 N–H and O–H groups in total. The zero-order valence-corrected chi connectivity index (χ0v) is 17.4. The van der Waals surface area contributed by atoms with Gasteiger partial charge in [-0.05, 0) is 68.4 Å². The van der Waals surface area contributed by atoms with Crippen molar-refractivity contribution < 1.29 is 0 Å². The van der Waals surface area contributed by atoms with Gasteiger partial charge in [0.15, 0.2) is 5.11 Å². The van der Waals surface area contributed by atoms with Crippen molar-refractivity contribution in [2.75, 3.05) is 23.3 Å². The van der Waals surface area contributed by atoms with Crippen LogP contribution in [0.1, 0.15) is 18.4 Å². The number of anilines is 2. The summed E-state index contributed by atoms with van der Waals surface area (Å²) in [7, 11) is 0. The van der Waals surface area contributed by atoms with Crippen LogP contribution in [0.15, 0.2) is 54.7 Å². The molecule has 1 aliphatic rings. The third-order valence-corrected chi connectivity index (χ3v) is 5.62. The lowest BCUT2D eigenvalue weighted by Crippen LogP contribution is -2.46. The Balaban J connectivity index is 1.36. The quantitative estimate of drug-likeness (QED) is 0.584. The molecule has 28 heavy (non-hydrogen) atoms. The predicted molar refractivity (Wildman–Crippen MR) is 123 cm³/mol. The van der Waals surface area contributed by atoms with Gasteiger partial charge in [-0.1, -0.05) is 29.3 Å². The van der Waals surface area contributed by atoms with Crippen LogP contribution in [0.5, 0.6) is 0 Å². The second-order valence-corrected chi connectivity index (χ2v) is 8.06. The first-order valence-corrected chi connectivity index (χ1v) is 10.3. The summed E-state index contributed by atoms with van der Waals surface area (Å²) >= 11 is 11.6. The molecule has 1 aromatic heterocycles. The summed E-state index contributed by atoms with van der Waals surface area (Å²) in [5.74, 6) is 0. The first kappa shape index (κ1) is 19.0. The zero-order valence-electron chi connectivity index (χ0n) is 15.8. The summed E-state index contributed by atoms with van der Waals surface area (Å²) in [6.45, 7) is 4.04. The van der Waals surface area contributed by atoms with Crippen molar-refractivity contribution in [3.05, 3.63) is 65.3 Å². The van der Waals surface area contributed by atoms with Crippen LogP contribution in [0.4, 0.5) is 11.4 Å². The Bertz CT molecular complexity index is 981. The summed E-state index contributed by atoms with van der Waals surface area (Å²) in [4.78, 5) is 6.87. The lowest BCUT2D eigenvalue weighted by Gasteiger charge is -2.35. The molecule has 0 saturated carbocycles. The Morgan fingerprint density at radius 3 is 2.61 bits per heavy atom. The maximum absolute atomic E-state index is 6.11. The molecule has 2 aromatic carbocycles. The van der Waals surface area contributed by atoms with Crippen LogP contribution in [-0.4, -0.2) is 29.2 Å². The number of aromatic nitrogens is 1. The van der Waals surface area contributed by atoms with E-state index in [1.165, 1.54) is 11.3 Å². The van der Waals surface area contributed by atoms with Gasteiger partial charge in [0.05, 0.1) is 5.52 Å². The molecule has 0 amide bonds. The van der Waals surface area contributed by atoms with E-state index in [-0.39, 0.29) is 0 Å². The number of hydrogen-bond donors (Lipinski definition) is 2. The van der Waals surface area contributed by atoms with Crippen molar-refractivity contribution in [2.24, 2.45) is 0 Å². The number of nitrogens with one attached hydrogen (secondary N) is 2. The van der Waals surface area contributed by atoms with E-state index in [2.05, 4.69) is 51.7 Å². The Hall–Kier alpha value is -2.37. The van der Waals surface area contributed by atoms with Crippen LogP contribution in [0.3, 0.4) is 0 Å². The largest absolute Gasteiger partial charge is 0.371 e. The van der Waals surface area contributed by atoms with Crippen LogP contribution < -0.4 is 15.5 Å². The SMILES string of the molecule is Cc1ccc(NC(=S)NC2CCN(c3ccnc4cc(Cl)ccc34)CC2)cc1. The smallest absolute Gasteiger partial charge is 0.170 e. The maximum atomic E-state index is 6.11. The summed E-state index contributed by atoms with van der Waals surface area (Å²) in [5, 5.41) is 9.29. The van der Waals surface area contributed by atoms with Crippen LogP contribution in [-0.2, 0) is 0 Å². The molecule has 1 fully saturated rings. The van der Waals surface area contributed by atoms with E-state index >= 15 is 0 Å². The fraction of sp³-hybridized carbons (Fsp3) is 0.273. The minimum absolute atomic E-state index is 0.379. The van der Waals surface area contributed by atoms with Crippen LogP contribution in [0.25, 0.3) is 10.9 Å². The number of halogens is 1. The third-order valence-electron chi connectivity index (χ3n) is 5.16. The fourth-order valence-corrected chi connectivity index (χ4v) is 4.09. The van der Waals surface area contributed by atoms with Gasteiger partial charge in [-0.25, -0.2) is 0 Å². The lowest BCUT2D eigenvalue weighted by molar-refractivity contribution is 0.468. The number of benzene rings is 2. The highest BCUT2D eigenvalue weighted by Gasteiger charge is 2.21. The molecule has 4 nitrogen and oxygen atoms in total. The third kappa shape index (κ3) is 4.37. The van der Waals surface area contributed by atoms with Gasteiger partial charge in [-0.3, -0.25) is 4.98 Å². The topological polar surface area (TPSA) is 40.2 Å². The van der Waals surface area contributed by atoms with Gasteiger partial charge in [-0.15, -0.1) is 0 Å². The highest BCUT2D eigenvalue weighted by molar-refractivity contribution is 7.80. The van der Waals surface area contributed by atoms with Gasteiger partial charge < -0.3 is 15.5 Å². The molecular weight excluding hydrogens is 388 g/mol. The lowest BCUT2D eigenvalue weighted by atomic mass is 10.0. The highest BCUT2D eigenvalue weighted by atomic mass is 35.5. The molecule has 0 spiro atoms. The Kier molecular flexibility index (Phi) is 5.64. The van der Waals surface area contributed by atoms with E-state index in [0.29, 0.717) is 11.2 Å². The van der Waals surface area contributed by atoms with Crippen molar-refractivity contribution in [3.8, 4) is 0 Å². The van der Waals surface area contributed by atoms with Crippen molar-refractivity contribution in [2.45, 2.75) is 25.8 Å². The summed E-state index contributed by atoms with van der Waals surface area (Å²) in [6, 6.07) is 16.6. The molecular formula is C22H23ClN4S. The molecule has 1 saturated heterocycles. The normalized spacial score (nSPS) is 14.9. The van der Waals surface area contributed by atoms with Crippen LogP contribution >= 0.6 is 23.8 Å². The molecule has 144 valence electrons. The molecule has 4 rings (SSSR count). The van der Waals surface area contributed by atoms with Crippen molar-refractivity contribution in [1.82, 2.24) is 10.3 Å². The summed E-state index contributed by atoms with van der Waals surface area (Å²) in [5.41, 5.74) is 4.42. The van der Waals surface area contributed by atoms with Crippen LogP contribution in [0.2, 0.25) is 5.02 Å². The van der Waals surface area contributed by atoms with E-state index < -0.39 is 0 Å². The zero-order chi connectivity index (χ0) is 19.5. The minimum atomic E-state index is 0.379. The van der Waals surface area contributed by atoms with Gasteiger partial charge >= 0.3 is 0 Å². The average molecular weight is 411 g/mol. The van der Waals surface area contributed by atoms with E-state index in [1.54, 1.807) is 0 Å². The Morgan fingerprint density at radius 1 is 1.11 bits per heavy atom. The van der Waals surface area contributed by atoms with Gasteiger partial charge in [0.2, 0.25) is 0 Å². The molecule has 2 heterocycles. The molecule has 0 aliphatic carbocycles. The number of hydrogen-bond acceptors (Lipinski definition) is 3. The van der Waals surface area contributed by atoms with Gasteiger partial charge in [0.25, 0.3) is 0 Å². The predicted octanol–water partition coefficient (Wildman–Crippen LogP) is 5.15. The first-order chi connectivity index (χ1) is 13.6. The maximum Gasteiger partial charge on any atom is 0.170 e. The average Bonchev–Trinajstić information content (AvgIpc) is 2.70. The number of rotatable bonds is 3. The highest BCUT2D eigenvalue weighted by Crippen LogP contribution is 2.29. The Morgan fingerprint density at radius 2 is 1.86 bits per heavy atom. The summed E-state index contributed by atoms with van der Waals surface area (Å²) in [6.07, 6.45) is 3.93. The number of pyridine rings is 1. The summed E-state index contributed by atoms with van der Waals surface area (Å²) < 4.78 is 0. The van der Waals surface area contributed by atoms with Gasteiger partial charge in [-0.2, -0.15) is 0 Å². The number of piperidine rings is 1. The molecule has 0 atom stereocenters. The number of fused-ring (bicyclic) bond motifs is 1. The molecule has 3 aromatic rings. The Labute approximate surface area is 175 Å². The standard InChI is InChI=1S/C22H23ClN4S/c1-15-2-5-17(6-3-15)25-22(28)26-18-9-12-27(13-10-18)21-8-11-24-20-14-16(23)4-7-19(20)21/h2-8,11,14,18H,9-10,12-13H2,1H3,(H2,25,26,28). The number of aryl methyl sites for hydroxylation is 1. The number of nitrogens with zero attached hydrogens (tertiary/aromatic N) is 2. The molecule has 0 bridgehead atoms. The molecule has 1 aliphatic heterocycles. The van der Waals surface area contributed by atoms with Crippen molar-refractivity contribution in [3.63, 3.8) is 0 Å². The number of thiocarbonyl (C=S) groups is 1. The van der Waals surface area contributed by atoms with E-state index in [1.807, 2.05) is 30.5 Å². The second kappa shape index (κ2) is 8.33. The fourth-order valence-electron chi connectivity index (χ4n) is 3.64. The minimum Gasteiger partial charge on any atom is -0.371 e. The van der Waals surface area contributed by atoms with Crippen molar-refractivity contribution in [1.29, 1.82) is 0 Å². The molecule has 6 heteroatoms. The van der Waals surface area contributed by atoms with E-state index in [9.17, 15) is 0 Å². The van der Waals surface area contributed by atoms with Crippen LogP contribution in [0, 0.1) is 6.92 Å². The van der Waals surface area contributed by atoms with E-state index in [4.69, 9.17) is 23.8 Å². The van der Waals surface area contributed by atoms with E-state index in [0.717, 1.165) is 47.5 Å². The molecule has 0 radical (unpaired) electrons. The van der Waals surface area contributed by atoms with Gasteiger partial charge in [0, 0.05) is 47.1 Å². The van der Waals surface area contributed by atoms with Gasteiger partial charge in [0.1, 0.15) is 0 Å². The van der Waals surface area contributed by atoms with Crippen molar-refractivity contribution >= 4 is 51.2 Å². The molecule has 0 unspecified atom stereocenters. The first-order valence-electron chi connectivity index (χ1n) is 9.52.